The summed E-state index contributed by atoms with van der Waals surface area (Å²) in [6.45, 7) is 3.26. The van der Waals surface area contributed by atoms with E-state index in [1.807, 2.05) is 0 Å². The topological polar surface area (TPSA) is 94.1 Å². The maximum atomic E-state index is 11.8. The van der Waals surface area contributed by atoms with Crippen molar-refractivity contribution in [1.29, 1.82) is 0 Å². The Kier molecular flexibility index (Phi) is 15.3. The molecule has 0 aliphatic carbocycles. The first-order valence-corrected chi connectivity index (χ1v) is 5.16. The van der Waals surface area contributed by atoms with E-state index < -0.39 is 36.9 Å². The molecule has 0 aliphatic rings. The average Bonchev–Trinajstić information content (AvgIpc) is 2.31. The van der Waals surface area contributed by atoms with E-state index in [0.29, 0.717) is 0 Å². The molecule has 0 bridgehead atoms. The molecule has 0 aromatic heterocycles. The third-order valence-electron chi connectivity index (χ3n) is 1.36. The maximum absolute atomic E-state index is 11.8. The summed E-state index contributed by atoms with van der Waals surface area (Å²) in [4.78, 5) is 22.3. The summed E-state index contributed by atoms with van der Waals surface area (Å²) in [5.74, 6) is -1.73. The number of esters is 2. The molecule has 0 aromatic carbocycles. The van der Waals surface area contributed by atoms with Gasteiger partial charge in [0, 0.05) is 19.0 Å². The smallest absolute Gasteiger partial charge is 0.691 e. The van der Waals surface area contributed by atoms with Crippen LogP contribution in [-0.2, 0) is 28.4 Å². The molecule has 0 saturated carbocycles. The van der Waals surface area contributed by atoms with Crippen LogP contribution in [0.15, 0.2) is 0 Å². The number of alkyl halides is 1. The fourth-order valence-corrected chi connectivity index (χ4v) is 1.23. The number of rotatable bonds is 9. The zero-order chi connectivity index (χ0) is 13.1. The van der Waals surface area contributed by atoms with Crippen LogP contribution in [0.2, 0.25) is 0 Å². The van der Waals surface area contributed by atoms with Crippen molar-refractivity contribution in [2.75, 3.05) is 19.9 Å². The average molecular weight is 292 g/mol. The summed E-state index contributed by atoms with van der Waals surface area (Å²) in [7, 11) is 0. The van der Waals surface area contributed by atoms with Crippen LogP contribution in [0.3, 0.4) is 0 Å². The van der Waals surface area contributed by atoms with E-state index in [1.54, 1.807) is 0 Å². The molecule has 7 nitrogen and oxygen atoms in total. The van der Waals surface area contributed by atoms with Crippen molar-refractivity contribution in [2.45, 2.75) is 11.7 Å². The molecule has 2 radical (unpaired) electrons. The Balaban J connectivity index is 0. The van der Waals surface area contributed by atoms with Gasteiger partial charge < -0.3 is 14.7 Å². The van der Waals surface area contributed by atoms with E-state index in [-0.39, 0.29) is 48.2 Å². The summed E-state index contributed by atoms with van der Waals surface area (Å²) >= 11 is 0.261. The second-order valence-corrected chi connectivity index (χ2v) is 3.36. The van der Waals surface area contributed by atoms with Crippen LogP contribution in [0.1, 0.15) is 6.42 Å². The van der Waals surface area contributed by atoms with Gasteiger partial charge in [0.25, 0.3) is 0 Å². The fourth-order valence-electron chi connectivity index (χ4n) is 0.755. The van der Waals surface area contributed by atoms with Crippen LogP contribution in [0.4, 0.5) is 4.39 Å². The number of ether oxygens (including phenoxy) is 2. The Labute approximate surface area is 130 Å². The summed E-state index contributed by atoms with van der Waals surface area (Å²) < 4.78 is 24.5. The molecular formula is C8H10FNaO7S. The molecule has 0 spiro atoms. The Morgan fingerprint density at radius 3 is 2.56 bits per heavy atom. The summed E-state index contributed by atoms with van der Waals surface area (Å²) in [6, 6.07) is 0. The normalized spacial score (nSPS) is 11.3. The van der Waals surface area contributed by atoms with Crippen molar-refractivity contribution in [2.24, 2.45) is 0 Å². The van der Waals surface area contributed by atoms with E-state index in [0.717, 1.165) is 0 Å². The van der Waals surface area contributed by atoms with Crippen molar-refractivity contribution in [3.05, 3.63) is 6.92 Å². The number of carbonyl (C=O) groups is 2. The van der Waals surface area contributed by atoms with Crippen LogP contribution in [0.5, 0.6) is 0 Å². The van der Waals surface area contributed by atoms with Gasteiger partial charge in [-0.05, 0) is 0 Å². The molecule has 0 heterocycles. The largest absolute Gasteiger partial charge is 1.00 e. The first kappa shape index (κ1) is 20.4. The second kappa shape index (κ2) is 13.5. The Hall–Kier alpha value is 0.1000. The zero-order valence-corrected chi connectivity index (χ0v) is 12.4. The molecule has 0 fully saturated rings. The number of carbonyl (C=O) groups excluding carboxylic acids is 2. The van der Waals surface area contributed by atoms with Gasteiger partial charge in [0.15, 0.2) is 0 Å². The molecule has 0 saturated heterocycles. The zero-order valence-electron chi connectivity index (χ0n) is 9.63. The van der Waals surface area contributed by atoms with E-state index in [4.69, 9.17) is 6.92 Å². The van der Waals surface area contributed by atoms with E-state index >= 15 is 0 Å². The minimum Gasteiger partial charge on any atom is -0.691 e. The van der Waals surface area contributed by atoms with Gasteiger partial charge in [0.1, 0.15) is 18.5 Å². The molecule has 1 atom stereocenters. The van der Waals surface area contributed by atoms with Crippen LogP contribution >= 0.6 is 12.0 Å². The van der Waals surface area contributed by atoms with E-state index in [1.165, 1.54) is 0 Å². The molecule has 0 aliphatic heterocycles. The van der Waals surface area contributed by atoms with E-state index in [2.05, 4.69) is 18.8 Å². The number of hydrogen-bond donors (Lipinski definition) is 0. The monoisotopic (exact) mass is 292 g/mol. The van der Waals surface area contributed by atoms with Gasteiger partial charge in [-0.1, -0.05) is 0 Å². The number of halogens is 1. The van der Waals surface area contributed by atoms with Crippen molar-refractivity contribution in [3.8, 4) is 0 Å². The SMILES string of the molecule is [CH]COC(=O)CC(SOO[O-])C(=O)OCCF.[Na+]. The third-order valence-corrected chi connectivity index (χ3v) is 2.09. The summed E-state index contributed by atoms with van der Waals surface area (Å²) in [6.07, 6.45) is -0.448. The Bertz CT molecular complexity index is 243. The fraction of sp³-hybridized carbons (Fsp3) is 0.625. The van der Waals surface area contributed by atoms with Crippen molar-refractivity contribution < 1.29 is 67.6 Å². The predicted molar refractivity (Wildman–Crippen MR) is 50.4 cm³/mol. The first-order chi connectivity index (χ1) is 8.15. The summed E-state index contributed by atoms with van der Waals surface area (Å²) in [5.41, 5.74) is 0. The molecule has 0 aromatic rings. The van der Waals surface area contributed by atoms with Gasteiger partial charge in [-0.25, -0.2) is 4.39 Å². The maximum Gasteiger partial charge on any atom is 1.00 e. The quantitative estimate of drug-likeness (QED) is 0.141. The van der Waals surface area contributed by atoms with Crippen LogP contribution < -0.4 is 34.8 Å². The van der Waals surface area contributed by atoms with Gasteiger partial charge in [-0.3, -0.25) is 14.6 Å². The van der Waals surface area contributed by atoms with Gasteiger partial charge in [-0.15, -0.1) is 0 Å². The molecule has 10 heteroatoms. The molecule has 0 rings (SSSR count). The molecule has 98 valence electrons. The van der Waals surface area contributed by atoms with Crippen LogP contribution in [-0.4, -0.2) is 37.1 Å². The minimum absolute atomic E-state index is 0. The number of hydrogen-bond acceptors (Lipinski definition) is 8. The molecule has 18 heavy (non-hydrogen) atoms. The van der Waals surface area contributed by atoms with E-state index in [9.17, 15) is 19.2 Å². The minimum atomic E-state index is -1.20. The van der Waals surface area contributed by atoms with Crippen molar-refractivity contribution in [1.82, 2.24) is 0 Å². The Morgan fingerprint density at radius 1 is 1.39 bits per heavy atom. The molecule has 0 N–H and O–H groups in total. The van der Waals surface area contributed by atoms with Gasteiger partial charge >= 0.3 is 41.5 Å². The first-order valence-electron chi connectivity index (χ1n) is 4.36. The van der Waals surface area contributed by atoms with Crippen molar-refractivity contribution in [3.63, 3.8) is 0 Å². The molecule has 0 amide bonds. The molecule has 1 unspecified atom stereocenters. The van der Waals surface area contributed by atoms with Gasteiger partial charge in [0.2, 0.25) is 0 Å². The van der Waals surface area contributed by atoms with Gasteiger partial charge in [-0.2, -0.15) is 4.33 Å². The van der Waals surface area contributed by atoms with Crippen molar-refractivity contribution >= 4 is 24.0 Å². The van der Waals surface area contributed by atoms with Crippen LogP contribution in [0.25, 0.3) is 0 Å². The summed E-state index contributed by atoms with van der Waals surface area (Å²) in [5, 5.41) is 11.4. The predicted octanol–water partition coefficient (Wildman–Crippen LogP) is -3.61. The van der Waals surface area contributed by atoms with Gasteiger partial charge in [0.05, 0.1) is 13.0 Å². The third kappa shape index (κ3) is 10.1. The standard InChI is InChI=1S/C8H11FO7S.Na/c1-2-13-7(10)5-6(17-16-15-12)8(11)14-4-3-9;/h1,6,12H,2-5H2;/q;+1/p-1. The Morgan fingerprint density at radius 2 is 2.06 bits per heavy atom. The molecular weight excluding hydrogens is 282 g/mol. The second-order valence-electron chi connectivity index (χ2n) is 2.46. The van der Waals surface area contributed by atoms with Crippen LogP contribution in [0, 0.1) is 6.92 Å².